The SMILES string of the molecule is CC(C)(C)OC(=O)NCc1cccc(/C=N\O)c1. The molecule has 0 atom stereocenters. The van der Waals surface area contributed by atoms with Crippen LogP contribution in [0.3, 0.4) is 0 Å². The summed E-state index contributed by atoms with van der Waals surface area (Å²) in [6, 6.07) is 7.31. The van der Waals surface area contributed by atoms with Crippen LogP contribution in [0.1, 0.15) is 31.9 Å². The van der Waals surface area contributed by atoms with Crippen LogP contribution < -0.4 is 5.32 Å². The van der Waals surface area contributed by atoms with E-state index in [9.17, 15) is 4.79 Å². The third kappa shape index (κ3) is 5.34. The molecule has 5 heteroatoms. The largest absolute Gasteiger partial charge is 0.444 e. The van der Waals surface area contributed by atoms with E-state index in [1.165, 1.54) is 6.21 Å². The fourth-order valence-corrected chi connectivity index (χ4v) is 1.34. The van der Waals surface area contributed by atoms with Crippen molar-refractivity contribution in [3.05, 3.63) is 35.4 Å². The molecule has 0 saturated heterocycles. The van der Waals surface area contributed by atoms with Crippen molar-refractivity contribution in [2.75, 3.05) is 0 Å². The standard InChI is InChI=1S/C13H18N2O3/c1-13(2,3)18-12(16)14-8-10-5-4-6-11(7-10)9-15-17/h4-7,9,17H,8H2,1-3H3,(H,14,16)/b15-9-. The number of oxime groups is 1. The van der Waals surface area contributed by atoms with Gasteiger partial charge in [0.05, 0.1) is 6.21 Å². The van der Waals surface area contributed by atoms with E-state index in [0.29, 0.717) is 6.54 Å². The second kappa shape index (κ2) is 6.05. The van der Waals surface area contributed by atoms with Crippen molar-refractivity contribution < 1.29 is 14.7 Å². The van der Waals surface area contributed by atoms with Gasteiger partial charge in [-0.05, 0) is 38.0 Å². The Morgan fingerprint density at radius 3 is 2.83 bits per heavy atom. The molecular formula is C13H18N2O3. The molecule has 1 rings (SSSR count). The summed E-state index contributed by atoms with van der Waals surface area (Å²) in [6.45, 7) is 5.79. The van der Waals surface area contributed by atoms with Crippen LogP contribution in [0.5, 0.6) is 0 Å². The molecule has 5 nitrogen and oxygen atoms in total. The molecule has 2 N–H and O–H groups in total. The highest BCUT2D eigenvalue weighted by Gasteiger charge is 2.15. The van der Waals surface area contributed by atoms with E-state index in [1.54, 1.807) is 6.07 Å². The van der Waals surface area contributed by atoms with E-state index in [1.807, 2.05) is 39.0 Å². The summed E-state index contributed by atoms with van der Waals surface area (Å²) >= 11 is 0. The average molecular weight is 250 g/mol. The molecule has 0 unspecified atom stereocenters. The van der Waals surface area contributed by atoms with Gasteiger partial charge in [0.25, 0.3) is 0 Å². The summed E-state index contributed by atoms with van der Waals surface area (Å²) < 4.78 is 5.12. The molecule has 0 heterocycles. The lowest BCUT2D eigenvalue weighted by Crippen LogP contribution is -2.32. The van der Waals surface area contributed by atoms with Crippen molar-refractivity contribution in [1.82, 2.24) is 5.32 Å². The average Bonchev–Trinajstić information content (AvgIpc) is 2.25. The molecule has 0 fully saturated rings. The van der Waals surface area contributed by atoms with Crippen LogP contribution in [-0.4, -0.2) is 23.1 Å². The smallest absolute Gasteiger partial charge is 0.407 e. The number of nitrogens with one attached hydrogen (secondary N) is 1. The van der Waals surface area contributed by atoms with Crippen molar-refractivity contribution in [3.63, 3.8) is 0 Å². The van der Waals surface area contributed by atoms with Gasteiger partial charge in [0.15, 0.2) is 0 Å². The van der Waals surface area contributed by atoms with Gasteiger partial charge in [-0.1, -0.05) is 23.4 Å². The number of hydrogen-bond donors (Lipinski definition) is 2. The van der Waals surface area contributed by atoms with Gasteiger partial charge in [-0.2, -0.15) is 0 Å². The third-order valence-electron chi connectivity index (χ3n) is 1.99. The van der Waals surface area contributed by atoms with Gasteiger partial charge in [-0.25, -0.2) is 4.79 Å². The molecule has 0 aliphatic carbocycles. The Labute approximate surface area is 106 Å². The van der Waals surface area contributed by atoms with Gasteiger partial charge in [0, 0.05) is 6.54 Å². The Hall–Kier alpha value is -2.04. The predicted octanol–water partition coefficient (Wildman–Crippen LogP) is 2.52. The Kier molecular flexibility index (Phi) is 4.71. The summed E-state index contributed by atoms with van der Waals surface area (Å²) in [7, 11) is 0. The van der Waals surface area contributed by atoms with E-state index in [4.69, 9.17) is 9.94 Å². The van der Waals surface area contributed by atoms with Crippen molar-refractivity contribution in [2.24, 2.45) is 5.16 Å². The van der Waals surface area contributed by atoms with Crippen molar-refractivity contribution in [3.8, 4) is 0 Å². The molecule has 0 bridgehead atoms. The van der Waals surface area contributed by atoms with Crippen LogP contribution in [0.2, 0.25) is 0 Å². The summed E-state index contributed by atoms with van der Waals surface area (Å²) in [5.41, 5.74) is 1.16. The van der Waals surface area contributed by atoms with Crippen LogP contribution in [0.25, 0.3) is 0 Å². The number of rotatable bonds is 3. The number of carbonyl (C=O) groups excluding carboxylic acids is 1. The summed E-state index contributed by atoms with van der Waals surface area (Å²) in [6.07, 6.45) is 0.875. The first kappa shape index (κ1) is 14.0. The van der Waals surface area contributed by atoms with Gasteiger partial charge in [-0.3, -0.25) is 0 Å². The molecule has 0 radical (unpaired) electrons. The van der Waals surface area contributed by atoms with Crippen molar-refractivity contribution >= 4 is 12.3 Å². The zero-order valence-electron chi connectivity index (χ0n) is 10.8. The predicted molar refractivity (Wildman–Crippen MR) is 68.9 cm³/mol. The highest BCUT2D eigenvalue weighted by atomic mass is 16.6. The zero-order chi connectivity index (χ0) is 13.6. The van der Waals surface area contributed by atoms with Crippen LogP contribution in [0.15, 0.2) is 29.4 Å². The monoisotopic (exact) mass is 250 g/mol. The Morgan fingerprint density at radius 2 is 2.22 bits per heavy atom. The summed E-state index contributed by atoms with van der Waals surface area (Å²) in [5, 5.41) is 14.0. The summed E-state index contributed by atoms with van der Waals surface area (Å²) in [4.78, 5) is 11.4. The van der Waals surface area contributed by atoms with E-state index in [0.717, 1.165) is 11.1 Å². The van der Waals surface area contributed by atoms with Crippen molar-refractivity contribution in [2.45, 2.75) is 32.9 Å². The van der Waals surface area contributed by atoms with E-state index in [-0.39, 0.29) is 0 Å². The van der Waals surface area contributed by atoms with Crippen LogP contribution in [0.4, 0.5) is 4.79 Å². The number of ether oxygens (including phenoxy) is 1. The first-order valence-electron chi connectivity index (χ1n) is 5.64. The maximum atomic E-state index is 11.4. The topological polar surface area (TPSA) is 70.9 Å². The molecule has 0 aliphatic heterocycles. The molecule has 0 saturated carbocycles. The number of hydrogen-bond acceptors (Lipinski definition) is 4. The maximum Gasteiger partial charge on any atom is 0.407 e. The molecule has 0 spiro atoms. The van der Waals surface area contributed by atoms with Gasteiger partial charge < -0.3 is 15.3 Å². The maximum absolute atomic E-state index is 11.4. The van der Waals surface area contributed by atoms with Gasteiger partial charge in [-0.15, -0.1) is 0 Å². The minimum atomic E-state index is -0.504. The minimum Gasteiger partial charge on any atom is -0.444 e. The van der Waals surface area contributed by atoms with E-state index < -0.39 is 11.7 Å². The Bertz CT molecular complexity index is 436. The summed E-state index contributed by atoms with van der Waals surface area (Å²) in [5.74, 6) is 0. The quantitative estimate of drug-likeness (QED) is 0.492. The lowest BCUT2D eigenvalue weighted by Gasteiger charge is -2.19. The minimum absolute atomic E-state index is 0.363. The lowest BCUT2D eigenvalue weighted by molar-refractivity contribution is 0.0523. The van der Waals surface area contributed by atoms with Crippen LogP contribution in [-0.2, 0) is 11.3 Å². The molecule has 0 aliphatic rings. The first-order chi connectivity index (χ1) is 8.40. The van der Waals surface area contributed by atoms with Gasteiger partial charge in [0.1, 0.15) is 5.60 Å². The van der Waals surface area contributed by atoms with Crippen LogP contribution in [0, 0.1) is 0 Å². The molecule has 18 heavy (non-hydrogen) atoms. The fraction of sp³-hybridized carbons (Fsp3) is 0.385. The highest BCUT2D eigenvalue weighted by molar-refractivity contribution is 5.79. The number of carbonyl (C=O) groups is 1. The van der Waals surface area contributed by atoms with Crippen molar-refractivity contribution in [1.29, 1.82) is 0 Å². The van der Waals surface area contributed by atoms with Gasteiger partial charge >= 0.3 is 6.09 Å². The second-order valence-corrected chi connectivity index (χ2v) is 4.85. The van der Waals surface area contributed by atoms with Crippen LogP contribution >= 0.6 is 0 Å². The second-order valence-electron chi connectivity index (χ2n) is 4.85. The number of benzene rings is 1. The molecule has 98 valence electrons. The first-order valence-corrected chi connectivity index (χ1v) is 5.64. The molecule has 1 aromatic rings. The number of nitrogens with zero attached hydrogens (tertiary/aromatic N) is 1. The molecule has 1 amide bonds. The number of alkyl carbamates (subject to hydrolysis) is 1. The van der Waals surface area contributed by atoms with Gasteiger partial charge in [0.2, 0.25) is 0 Å². The zero-order valence-corrected chi connectivity index (χ0v) is 10.8. The van der Waals surface area contributed by atoms with E-state index in [2.05, 4.69) is 10.5 Å². The molecular weight excluding hydrogens is 232 g/mol. The number of amides is 1. The Balaban J connectivity index is 2.53. The molecule has 1 aromatic carbocycles. The normalized spacial score (nSPS) is 11.5. The third-order valence-corrected chi connectivity index (χ3v) is 1.99. The highest BCUT2D eigenvalue weighted by Crippen LogP contribution is 2.07. The fourth-order valence-electron chi connectivity index (χ4n) is 1.34. The Morgan fingerprint density at radius 1 is 1.50 bits per heavy atom. The molecule has 0 aromatic heterocycles. The van der Waals surface area contributed by atoms with E-state index >= 15 is 0 Å². The lowest BCUT2D eigenvalue weighted by atomic mass is 10.1.